The molecule has 2 aliphatic rings. The predicted octanol–water partition coefficient (Wildman–Crippen LogP) is 5.61. The zero-order valence-electron chi connectivity index (χ0n) is 25.2. The maximum absolute atomic E-state index is 13.6. The molecule has 0 aliphatic carbocycles. The quantitative estimate of drug-likeness (QED) is 0.267. The number of hydrogen-bond donors (Lipinski definition) is 0. The molecule has 0 radical (unpaired) electrons. The smallest absolute Gasteiger partial charge is 0.383 e. The molecule has 2 saturated heterocycles. The van der Waals surface area contributed by atoms with Gasteiger partial charge in [0.15, 0.2) is 0 Å². The van der Waals surface area contributed by atoms with Crippen molar-refractivity contribution in [3.05, 3.63) is 81.9 Å². The Hall–Kier alpha value is -2.93. The molecule has 0 saturated carbocycles. The number of methoxy groups -OCH3 is 1. The van der Waals surface area contributed by atoms with Crippen LogP contribution in [-0.4, -0.2) is 98.9 Å². The van der Waals surface area contributed by atoms with Gasteiger partial charge in [0.05, 0.1) is 37.0 Å². The van der Waals surface area contributed by atoms with Crippen molar-refractivity contribution < 1.29 is 40.6 Å². The van der Waals surface area contributed by atoms with E-state index in [0.717, 1.165) is 29.8 Å². The predicted molar refractivity (Wildman–Crippen MR) is 155 cm³/mol. The summed E-state index contributed by atoms with van der Waals surface area (Å²) >= 11 is 0. The van der Waals surface area contributed by atoms with Gasteiger partial charge in [-0.3, -0.25) is 14.6 Å². The highest BCUT2D eigenvalue weighted by atomic mass is 19.4. The largest absolute Gasteiger partial charge is 0.416 e. The Bertz CT molecular complexity index is 1280. The monoisotopic (exact) mass is 627 g/mol. The number of ether oxygens (including phenoxy) is 2. The Kier molecular flexibility index (Phi) is 11.1. The number of benzene rings is 2. The molecule has 242 valence electrons. The summed E-state index contributed by atoms with van der Waals surface area (Å²) in [6, 6.07) is 6.69. The van der Waals surface area contributed by atoms with Gasteiger partial charge in [-0.05, 0) is 55.2 Å². The molecule has 1 amide bonds. The first-order chi connectivity index (χ1) is 20.8. The normalized spacial score (nSPS) is 20.9. The van der Waals surface area contributed by atoms with Crippen molar-refractivity contribution in [3.63, 3.8) is 0 Å². The van der Waals surface area contributed by atoms with E-state index in [1.807, 2.05) is 38.1 Å². The van der Waals surface area contributed by atoms with Crippen molar-refractivity contribution in [2.45, 2.75) is 44.7 Å². The highest BCUT2D eigenvalue weighted by Crippen LogP contribution is 2.37. The number of rotatable bonds is 9. The SMILES string of the molecule is COC[C@H]1COCCN1CC=CCN1CCN(C(=O)c2cc(C(F)(F)F)cc(C(F)(F)F)c2)[C@H](Cc2ccc(C)c(C)c2)C1. The number of carbonyl (C=O) groups excluding carboxylic acids is 1. The minimum atomic E-state index is -5.04. The lowest BCUT2D eigenvalue weighted by Gasteiger charge is -2.41. The molecule has 12 heteroatoms. The highest BCUT2D eigenvalue weighted by Gasteiger charge is 2.39. The fourth-order valence-electron chi connectivity index (χ4n) is 5.68. The second-order valence-corrected chi connectivity index (χ2v) is 11.5. The van der Waals surface area contributed by atoms with Crippen LogP contribution in [0.2, 0.25) is 0 Å². The van der Waals surface area contributed by atoms with Crippen LogP contribution in [0.25, 0.3) is 0 Å². The number of amides is 1. The fraction of sp³-hybridized carbons (Fsp3) is 0.531. The molecule has 2 heterocycles. The van der Waals surface area contributed by atoms with E-state index in [1.165, 1.54) is 4.90 Å². The van der Waals surface area contributed by atoms with Crippen LogP contribution in [0.5, 0.6) is 0 Å². The molecule has 0 bridgehead atoms. The van der Waals surface area contributed by atoms with Gasteiger partial charge in [-0.15, -0.1) is 0 Å². The zero-order valence-corrected chi connectivity index (χ0v) is 25.2. The first-order valence-electron chi connectivity index (χ1n) is 14.6. The topological polar surface area (TPSA) is 45.3 Å². The maximum atomic E-state index is 13.6. The minimum Gasteiger partial charge on any atom is -0.383 e. The molecule has 2 atom stereocenters. The average Bonchev–Trinajstić information content (AvgIpc) is 2.97. The van der Waals surface area contributed by atoms with Crippen LogP contribution in [0, 0.1) is 13.8 Å². The number of hydrogen-bond acceptors (Lipinski definition) is 5. The van der Waals surface area contributed by atoms with E-state index in [-0.39, 0.29) is 18.7 Å². The number of piperazine rings is 1. The van der Waals surface area contributed by atoms with E-state index in [2.05, 4.69) is 15.9 Å². The molecule has 6 nitrogen and oxygen atoms in total. The zero-order chi connectivity index (χ0) is 32.1. The number of aryl methyl sites for hydroxylation is 2. The van der Waals surface area contributed by atoms with Gasteiger partial charge in [-0.2, -0.15) is 26.3 Å². The van der Waals surface area contributed by atoms with Crippen molar-refractivity contribution in [1.29, 1.82) is 0 Å². The molecule has 0 N–H and O–H groups in total. The second kappa shape index (κ2) is 14.4. The number of nitrogens with zero attached hydrogens (tertiary/aromatic N) is 3. The highest BCUT2D eigenvalue weighted by molar-refractivity contribution is 5.95. The summed E-state index contributed by atoms with van der Waals surface area (Å²) < 4.78 is 92.0. The number of halogens is 6. The van der Waals surface area contributed by atoms with Gasteiger partial charge >= 0.3 is 12.4 Å². The van der Waals surface area contributed by atoms with Crippen LogP contribution < -0.4 is 0 Å². The third kappa shape index (κ3) is 8.83. The van der Waals surface area contributed by atoms with Crippen molar-refractivity contribution >= 4 is 5.91 Å². The summed E-state index contributed by atoms with van der Waals surface area (Å²) in [5.41, 5.74) is -0.546. The molecule has 2 aliphatic heterocycles. The molecule has 44 heavy (non-hydrogen) atoms. The lowest BCUT2D eigenvalue weighted by molar-refractivity contribution is -0.143. The fourth-order valence-corrected chi connectivity index (χ4v) is 5.68. The molecule has 2 fully saturated rings. The molecule has 2 aromatic rings. The van der Waals surface area contributed by atoms with Gasteiger partial charge in [0.25, 0.3) is 5.91 Å². The van der Waals surface area contributed by atoms with E-state index in [4.69, 9.17) is 9.47 Å². The van der Waals surface area contributed by atoms with Gasteiger partial charge in [-0.1, -0.05) is 30.4 Å². The van der Waals surface area contributed by atoms with Gasteiger partial charge < -0.3 is 14.4 Å². The van der Waals surface area contributed by atoms with Crippen LogP contribution in [0.4, 0.5) is 26.3 Å². The van der Waals surface area contributed by atoms with Gasteiger partial charge in [0.2, 0.25) is 0 Å². The van der Waals surface area contributed by atoms with Crippen LogP contribution >= 0.6 is 0 Å². The summed E-state index contributed by atoms with van der Waals surface area (Å²) in [5, 5.41) is 0. The third-order valence-electron chi connectivity index (χ3n) is 8.28. The van der Waals surface area contributed by atoms with Crippen molar-refractivity contribution in [3.8, 4) is 0 Å². The first-order valence-corrected chi connectivity index (χ1v) is 14.6. The van der Waals surface area contributed by atoms with Crippen LogP contribution in [0.1, 0.15) is 38.2 Å². The summed E-state index contributed by atoms with van der Waals surface area (Å²) in [6.45, 7) is 8.88. The molecule has 0 unspecified atom stereocenters. The van der Waals surface area contributed by atoms with E-state index >= 15 is 0 Å². The van der Waals surface area contributed by atoms with Crippen LogP contribution in [0.3, 0.4) is 0 Å². The number of morpholine rings is 1. The Labute approximate surface area is 254 Å². The Balaban J connectivity index is 1.53. The number of alkyl halides is 6. The van der Waals surface area contributed by atoms with Crippen molar-refractivity contribution in [2.24, 2.45) is 0 Å². The maximum Gasteiger partial charge on any atom is 0.416 e. The van der Waals surface area contributed by atoms with E-state index in [1.54, 1.807) is 7.11 Å². The lowest BCUT2D eigenvalue weighted by atomic mass is 9.97. The Morgan fingerprint density at radius 1 is 0.909 bits per heavy atom. The summed E-state index contributed by atoms with van der Waals surface area (Å²) in [6.07, 6.45) is -5.54. The second-order valence-electron chi connectivity index (χ2n) is 11.5. The van der Waals surface area contributed by atoms with Crippen LogP contribution in [0.15, 0.2) is 48.6 Å². The average molecular weight is 628 g/mol. The Morgan fingerprint density at radius 2 is 1.59 bits per heavy atom. The van der Waals surface area contributed by atoms with Gasteiger partial charge in [-0.25, -0.2) is 0 Å². The minimum absolute atomic E-state index is 0.0437. The van der Waals surface area contributed by atoms with E-state index in [0.29, 0.717) is 58.0 Å². The Morgan fingerprint density at radius 3 is 2.23 bits per heavy atom. The third-order valence-corrected chi connectivity index (χ3v) is 8.28. The summed E-state index contributed by atoms with van der Waals surface area (Å²) in [5.74, 6) is -0.845. The molecule has 0 spiro atoms. The molecule has 4 rings (SSSR count). The summed E-state index contributed by atoms with van der Waals surface area (Å²) in [4.78, 5) is 19.5. The molecular formula is C32H39F6N3O3. The molecule has 0 aromatic heterocycles. The van der Waals surface area contributed by atoms with Crippen molar-refractivity contribution in [1.82, 2.24) is 14.7 Å². The van der Waals surface area contributed by atoms with Crippen molar-refractivity contribution in [2.75, 3.05) is 66.2 Å². The van der Waals surface area contributed by atoms with Crippen LogP contribution in [-0.2, 0) is 28.2 Å². The molecular weight excluding hydrogens is 588 g/mol. The van der Waals surface area contributed by atoms with E-state index < -0.39 is 41.0 Å². The molecule has 2 aromatic carbocycles. The standard InChI is InChI=1S/C32H39F6N3O3/c1-22-6-7-24(14-23(22)2)15-28-19-39(8-4-5-9-40-12-13-44-21-29(40)20-43-3)10-11-41(28)30(42)25-16-26(31(33,34)35)18-27(17-25)32(36,37)38/h4-7,14,16-18,28-29H,8-13,15,19-21H2,1-3H3/t28-,29+/m1/s1. The van der Waals surface area contributed by atoms with Gasteiger partial charge in [0.1, 0.15) is 0 Å². The van der Waals surface area contributed by atoms with E-state index in [9.17, 15) is 31.1 Å². The number of carbonyl (C=O) groups is 1. The first kappa shape index (κ1) is 34.0. The lowest BCUT2D eigenvalue weighted by Crippen LogP contribution is -2.56. The van der Waals surface area contributed by atoms with Gasteiger partial charge in [0, 0.05) is 58.0 Å². The summed E-state index contributed by atoms with van der Waals surface area (Å²) in [7, 11) is 1.66.